The Hall–Kier alpha value is -3.08. The second-order valence-electron chi connectivity index (χ2n) is 5.78. The van der Waals surface area contributed by atoms with Crippen molar-refractivity contribution < 1.29 is 19.1 Å². The number of hydrogen-bond acceptors (Lipinski definition) is 4. The highest BCUT2D eigenvalue weighted by molar-refractivity contribution is 5.92. The SMILES string of the molecule is COc1ccc(CC2CC(=O)C=CN2C(=O)Oc2ccccc2)cc1. The molecule has 0 saturated carbocycles. The van der Waals surface area contributed by atoms with Gasteiger partial charge in [0.05, 0.1) is 13.2 Å². The highest BCUT2D eigenvalue weighted by Crippen LogP contribution is 2.21. The lowest BCUT2D eigenvalue weighted by atomic mass is 9.98. The number of para-hydroxylation sites is 1. The fraction of sp³-hybridized carbons (Fsp3) is 0.200. The Morgan fingerprint density at radius 1 is 1.08 bits per heavy atom. The number of allylic oxidation sites excluding steroid dienone is 1. The van der Waals surface area contributed by atoms with Crippen LogP contribution in [0.15, 0.2) is 66.9 Å². The van der Waals surface area contributed by atoms with E-state index in [0.29, 0.717) is 12.2 Å². The van der Waals surface area contributed by atoms with E-state index in [0.717, 1.165) is 11.3 Å². The van der Waals surface area contributed by atoms with Gasteiger partial charge in [-0.05, 0) is 42.3 Å². The van der Waals surface area contributed by atoms with Crippen LogP contribution in [0.25, 0.3) is 0 Å². The molecular weight excluding hydrogens is 318 g/mol. The number of ether oxygens (including phenoxy) is 2. The predicted octanol–water partition coefficient (Wildman–Crippen LogP) is 3.59. The second-order valence-corrected chi connectivity index (χ2v) is 5.78. The summed E-state index contributed by atoms with van der Waals surface area (Å²) >= 11 is 0. The predicted molar refractivity (Wildman–Crippen MR) is 93.6 cm³/mol. The Bertz CT molecular complexity index is 768. The lowest BCUT2D eigenvalue weighted by Gasteiger charge is -2.30. The molecule has 5 nitrogen and oxygen atoms in total. The van der Waals surface area contributed by atoms with Crippen LogP contribution in [0.1, 0.15) is 12.0 Å². The van der Waals surface area contributed by atoms with Crippen molar-refractivity contribution in [1.29, 1.82) is 0 Å². The maximum Gasteiger partial charge on any atom is 0.419 e. The van der Waals surface area contributed by atoms with Gasteiger partial charge in [0.2, 0.25) is 0 Å². The standard InChI is InChI=1S/C20H19NO4/c1-24-18-9-7-15(8-10-18)13-16-14-17(22)11-12-21(16)20(23)25-19-5-3-2-4-6-19/h2-12,16H,13-14H2,1H3. The normalized spacial score (nSPS) is 16.6. The first kappa shape index (κ1) is 16.8. The molecule has 1 heterocycles. The van der Waals surface area contributed by atoms with E-state index in [1.165, 1.54) is 17.2 Å². The number of hydrogen-bond donors (Lipinski definition) is 0. The molecule has 1 atom stereocenters. The molecule has 1 unspecified atom stereocenters. The van der Waals surface area contributed by atoms with Crippen molar-refractivity contribution in [3.8, 4) is 11.5 Å². The van der Waals surface area contributed by atoms with Crippen molar-refractivity contribution >= 4 is 11.9 Å². The molecule has 5 heteroatoms. The van der Waals surface area contributed by atoms with Crippen molar-refractivity contribution in [2.75, 3.05) is 7.11 Å². The molecule has 0 spiro atoms. The molecule has 0 fully saturated rings. The zero-order chi connectivity index (χ0) is 17.6. The van der Waals surface area contributed by atoms with Crippen LogP contribution >= 0.6 is 0 Å². The third-order valence-electron chi connectivity index (χ3n) is 4.04. The number of carbonyl (C=O) groups excluding carboxylic acids is 2. The van der Waals surface area contributed by atoms with Crippen molar-refractivity contribution in [3.05, 3.63) is 72.4 Å². The van der Waals surface area contributed by atoms with E-state index < -0.39 is 6.09 Å². The molecule has 0 bridgehead atoms. The van der Waals surface area contributed by atoms with E-state index in [-0.39, 0.29) is 18.2 Å². The van der Waals surface area contributed by atoms with E-state index >= 15 is 0 Å². The molecular formula is C20H19NO4. The first-order chi connectivity index (χ1) is 12.2. The Kier molecular flexibility index (Phi) is 5.14. The van der Waals surface area contributed by atoms with Crippen molar-refractivity contribution in [2.45, 2.75) is 18.9 Å². The summed E-state index contributed by atoms with van der Waals surface area (Å²) in [5.74, 6) is 1.24. The molecule has 0 N–H and O–H groups in total. The smallest absolute Gasteiger partial charge is 0.419 e. The zero-order valence-corrected chi connectivity index (χ0v) is 13.9. The van der Waals surface area contributed by atoms with Crippen LogP contribution in [-0.4, -0.2) is 29.9 Å². The average Bonchev–Trinajstić information content (AvgIpc) is 2.63. The van der Waals surface area contributed by atoms with Crippen LogP contribution < -0.4 is 9.47 Å². The fourth-order valence-electron chi connectivity index (χ4n) is 2.74. The van der Waals surface area contributed by atoms with Gasteiger partial charge in [-0.25, -0.2) is 4.79 Å². The number of amides is 1. The number of methoxy groups -OCH3 is 1. The minimum atomic E-state index is -0.492. The second kappa shape index (κ2) is 7.66. The van der Waals surface area contributed by atoms with Gasteiger partial charge in [-0.1, -0.05) is 30.3 Å². The minimum absolute atomic E-state index is 0.00210. The van der Waals surface area contributed by atoms with Gasteiger partial charge < -0.3 is 9.47 Å². The van der Waals surface area contributed by atoms with Gasteiger partial charge >= 0.3 is 6.09 Å². The van der Waals surface area contributed by atoms with E-state index in [1.54, 1.807) is 31.4 Å². The molecule has 3 rings (SSSR count). The Morgan fingerprint density at radius 2 is 1.80 bits per heavy atom. The summed E-state index contributed by atoms with van der Waals surface area (Å²) in [5, 5.41) is 0. The van der Waals surface area contributed by atoms with E-state index in [4.69, 9.17) is 9.47 Å². The largest absolute Gasteiger partial charge is 0.497 e. The van der Waals surface area contributed by atoms with Crippen molar-refractivity contribution in [3.63, 3.8) is 0 Å². The molecule has 128 valence electrons. The Balaban J connectivity index is 1.74. The van der Waals surface area contributed by atoms with Crippen LogP contribution in [0, 0.1) is 0 Å². The van der Waals surface area contributed by atoms with Gasteiger partial charge in [0.25, 0.3) is 0 Å². The van der Waals surface area contributed by atoms with Crippen LogP contribution in [-0.2, 0) is 11.2 Å². The number of carbonyl (C=O) groups is 2. The number of rotatable bonds is 4. The van der Waals surface area contributed by atoms with Crippen LogP contribution in [0.5, 0.6) is 11.5 Å². The van der Waals surface area contributed by atoms with E-state index in [9.17, 15) is 9.59 Å². The van der Waals surface area contributed by atoms with E-state index in [1.807, 2.05) is 30.3 Å². The lowest BCUT2D eigenvalue weighted by molar-refractivity contribution is -0.116. The quantitative estimate of drug-likeness (QED) is 0.855. The topological polar surface area (TPSA) is 55.8 Å². The lowest BCUT2D eigenvalue weighted by Crippen LogP contribution is -2.42. The third-order valence-corrected chi connectivity index (χ3v) is 4.04. The molecule has 0 radical (unpaired) electrons. The number of ketones is 1. The summed E-state index contributed by atoms with van der Waals surface area (Å²) < 4.78 is 10.6. The maximum atomic E-state index is 12.5. The minimum Gasteiger partial charge on any atom is -0.497 e. The van der Waals surface area contributed by atoms with Crippen LogP contribution in [0.2, 0.25) is 0 Å². The molecule has 0 saturated heterocycles. The molecule has 2 aromatic rings. The molecule has 2 aromatic carbocycles. The van der Waals surface area contributed by atoms with Crippen LogP contribution in [0.3, 0.4) is 0 Å². The summed E-state index contributed by atoms with van der Waals surface area (Å²) in [5.41, 5.74) is 1.02. The van der Waals surface area contributed by atoms with Gasteiger partial charge in [-0.15, -0.1) is 0 Å². The Morgan fingerprint density at radius 3 is 2.48 bits per heavy atom. The summed E-state index contributed by atoms with van der Waals surface area (Å²) in [6, 6.07) is 16.2. The van der Waals surface area contributed by atoms with Gasteiger partial charge in [0.15, 0.2) is 5.78 Å². The van der Waals surface area contributed by atoms with Crippen molar-refractivity contribution in [2.24, 2.45) is 0 Å². The van der Waals surface area contributed by atoms with E-state index in [2.05, 4.69) is 0 Å². The first-order valence-electron chi connectivity index (χ1n) is 8.05. The Labute approximate surface area is 146 Å². The van der Waals surface area contributed by atoms with Gasteiger partial charge in [-0.3, -0.25) is 9.69 Å². The van der Waals surface area contributed by atoms with Crippen molar-refractivity contribution in [1.82, 2.24) is 4.90 Å². The van der Waals surface area contributed by atoms with Gasteiger partial charge in [0, 0.05) is 12.6 Å². The number of nitrogens with zero attached hydrogens (tertiary/aromatic N) is 1. The molecule has 0 aliphatic carbocycles. The molecule has 1 aliphatic heterocycles. The summed E-state index contributed by atoms with van der Waals surface area (Å²) in [6.07, 6.45) is 3.26. The highest BCUT2D eigenvalue weighted by Gasteiger charge is 2.28. The molecule has 1 amide bonds. The fourth-order valence-corrected chi connectivity index (χ4v) is 2.74. The van der Waals surface area contributed by atoms with Crippen LogP contribution in [0.4, 0.5) is 4.79 Å². The van der Waals surface area contributed by atoms with Gasteiger partial charge in [-0.2, -0.15) is 0 Å². The monoisotopic (exact) mass is 337 g/mol. The summed E-state index contributed by atoms with van der Waals surface area (Å²) in [7, 11) is 1.61. The summed E-state index contributed by atoms with van der Waals surface area (Å²) in [4.78, 5) is 25.8. The average molecular weight is 337 g/mol. The molecule has 25 heavy (non-hydrogen) atoms. The van der Waals surface area contributed by atoms with Gasteiger partial charge in [0.1, 0.15) is 11.5 Å². The first-order valence-corrected chi connectivity index (χ1v) is 8.05. The molecule has 1 aliphatic rings. The summed E-state index contributed by atoms with van der Waals surface area (Å²) in [6.45, 7) is 0. The molecule has 0 aromatic heterocycles. The number of benzene rings is 2. The highest BCUT2D eigenvalue weighted by atomic mass is 16.6. The third kappa shape index (κ3) is 4.26. The zero-order valence-electron chi connectivity index (χ0n) is 13.9. The maximum absolute atomic E-state index is 12.5.